The Labute approximate surface area is 148 Å². The highest BCUT2D eigenvalue weighted by Crippen LogP contribution is 2.25. The number of nitrogens with one attached hydrogen (secondary N) is 1. The molecule has 0 aliphatic rings. The van der Waals surface area contributed by atoms with Crippen LogP contribution in [0.25, 0.3) is 11.0 Å². The zero-order valence-electron chi connectivity index (χ0n) is 14.2. The Morgan fingerprint density at radius 2 is 1.96 bits per heavy atom. The number of benzene rings is 2. The summed E-state index contributed by atoms with van der Waals surface area (Å²) in [5.74, 6) is -0.533. The first-order valence-electron chi connectivity index (χ1n) is 7.88. The van der Waals surface area contributed by atoms with Gasteiger partial charge in [0, 0.05) is 6.07 Å². The van der Waals surface area contributed by atoms with Crippen molar-refractivity contribution >= 4 is 28.3 Å². The summed E-state index contributed by atoms with van der Waals surface area (Å²) in [4.78, 5) is 39.7. The van der Waals surface area contributed by atoms with E-state index in [1.165, 1.54) is 16.7 Å². The fraction of sp³-hybridized carbons (Fsp3) is 0.167. The second kappa shape index (κ2) is 6.75. The molecule has 8 nitrogen and oxygen atoms in total. The number of amides is 1. The van der Waals surface area contributed by atoms with E-state index in [0.717, 1.165) is 0 Å². The summed E-state index contributed by atoms with van der Waals surface area (Å²) in [6, 6.07) is 11.5. The van der Waals surface area contributed by atoms with Crippen LogP contribution in [0.1, 0.15) is 11.3 Å². The third-order valence-corrected chi connectivity index (χ3v) is 3.94. The van der Waals surface area contributed by atoms with E-state index in [1.807, 2.05) is 0 Å². The molecule has 3 aromatic rings. The number of nitro groups is 1. The fourth-order valence-corrected chi connectivity index (χ4v) is 2.71. The van der Waals surface area contributed by atoms with Gasteiger partial charge >= 0.3 is 0 Å². The molecule has 8 heteroatoms. The van der Waals surface area contributed by atoms with E-state index in [0.29, 0.717) is 16.6 Å². The molecule has 3 rings (SSSR count). The van der Waals surface area contributed by atoms with Crippen molar-refractivity contribution in [2.45, 2.75) is 20.4 Å². The molecule has 2 aromatic carbocycles. The maximum absolute atomic E-state index is 12.4. The highest BCUT2D eigenvalue weighted by atomic mass is 16.6. The molecular weight excluding hydrogens is 336 g/mol. The lowest BCUT2D eigenvalue weighted by Gasteiger charge is -2.11. The number of aromatic nitrogens is 2. The van der Waals surface area contributed by atoms with Gasteiger partial charge in [0.1, 0.15) is 17.9 Å². The second-order valence-electron chi connectivity index (χ2n) is 5.90. The number of carbonyl (C=O) groups is 1. The molecule has 1 amide bonds. The summed E-state index contributed by atoms with van der Waals surface area (Å²) in [7, 11) is 0. The quantitative estimate of drug-likeness (QED) is 0.573. The number of hydrogen-bond donors (Lipinski definition) is 1. The van der Waals surface area contributed by atoms with E-state index >= 15 is 0 Å². The zero-order valence-corrected chi connectivity index (χ0v) is 14.2. The maximum Gasteiger partial charge on any atom is 0.293 e. The number of nitrogens with zero attached hydrogens (tertiary/aromatic N) is 3. The minimum atomic E-state index is -0.555. The number of hydrogen-bond acceptors (Lipinski definition) is 5. The van der Waals surface area contributed by atoms with Gasteiger partial charge in [0.2, 0.25) is 5.91 Å². The Hall–Kier alpha value is -3.55. The lowest BCUT2D eigenvalue weighted by Crippen LogP contribution is -2.30. The third-order valence-electron chi connectivity index (χ3n) is 3.94. The minimum absolute atomic E-state index is 0.0914. The number of fused-ring (bicyclic) bond motifs is 1. The first kappa shape index (κ1) is 17.3. The summed E-state index contributed by atoms with van der Waals surface area (Å²) in [5, 5.41) is 13.7. The number of aryl methyl sites for hydroxylation is 2. The Bertz CT molecular complexity index is 1090. The molecule has 1 aromatic heterocycles. The number of rotatable bonds is 4. The number of carbonyl (C=O) groups excluding carboxylic acids is 1. The van der Waals surface area contributed by atoms with Gasteiger partial charge < -0.3 is 5.32 Å². The van der Waals surface area contributed by atoms with Crippen LogP contribution in [0.2, 0.25) is 0 Å². The van der Waals surface area contributed by atoms with Crippen molar-refractivity contribution in [1.29, 1.82) is 0 Å². The molecule has 1 N–H and O–H groups in total. The van der Waals surface area contributed by atoms with E-state index in [1.54, 1.807) is 44.2 Å². The van der Waals surface area contributed by atoms with Gasteiger partial charge in [-0.15, -0.1) is 0 Å². The Kier molecular flexibility index (Phi) is 4.49. The number of anilines is 1. The first-order valence-corrected chi connectivity index (χ1v) is 7.88. The van der Waals surface area contributed by atoms with Crippen LogP contribution in [0.4, 0.5) is 11.4 Å². The van der Waals surface area contributed by atoms with Gasteiger partial charge in [-0.05, 0) is 37.6 Å². The van der Waals surface area contributed by atoms with Crippen LogP contribution in [-0.4, -0.2) is 20.4 Å². The molecule has 0 radical (unpaired) electrons. The van der Waals surface area contributed by atoms with Gasteiger partial charge in [0.05, 0.1) is 16.0 Å². The lowest BCUT2D eigenvalue weighted by atomic mass is 10.2. The highest BCUT2D eigenvalue weighted by molar-refractivity contribution is 5.93. The molecule has 0 saturated carbocycles. The molecule has 1 heterocycles. The summed E-state index contributed by atoms with van der Waals surface area (Å²) in [5.41, 5.74) is 1.63. The monoisotopic (exact) mass is 352 g/mol. The van der Waals surface area contributed by atoms with Crippen LogP contribution in [0.15, 0.2) is 47.3 Å². The molecule has 0 saturated heterocycles. The molecule has 26 heavy (non-hydrogen) atoms. The van der Waals surface area contributed by atoms with Gasteiger partial charge in [0.25, 0.3) is 11.2 Å². The normalized spacial score (nSPS) is 10.7. The average Bonchev–Trinajstić information content (AvgIpc) is 2.60. The predicted octanol–water partition coefficient (Wildman–Crippen LogP) is 2.56. The van der Waals surface area contributed by atoms with E-state index in [4.69, 9.17) is 0 Å². The van der Waals surface area contributed by atoms with Crippen LogP contribution in [0, 0.1) is 24.0 Å². The maximum atomic E-state index is 12.4. The second-order valence-corrected chi connectivity index (χ2v) is 5.90. The van der Waals surface area contributed by atoms with Crippen molar-refractivity contribution < 1.29 is 9.72 Å². The minimum Gasteiger partial charge on any atom is -0.319 e. The zero-order chi connectivity index (χ0) is 18.8. The Morgan fingerprint density at radius 1 is 1.23 bits per heavy atom. The van der Waals surface area contributed by atoms with Crippen LogP contribution < -0.4 is 10.9 Å². The number of nitro benzene ring substituents is 1. The van der Waals surface area contributed by atoms with E-state index in [-0.39, 0.29) is 29.2 Å². The standard InChI is InChI=1S/C18H16N4O4/c1-11-7-8-14(16(9-11)22(25)26)20-17(23)10-21-15-6-4-3-5-13(15)19-12(2)18(21)24/h3-9H,10H2,1-2H3,(H,20,23). The topological polar surface area (TPSA) is 107 Å². The molecule has 0 unspecified atom stereocenters. The number of para-hydroxylation sites is 2. The van der Waals surface area contributed by atoms with Crippen molar-refractivity contribution in [2.75, 3.05) is 5.32 Å². The van der Waals surface area contributed by atoms with E-state index in [2.05, 4.69) is 10.3 Å². The van der Waals surface area contributed by atoms with Crippen molar-refractivity contribution in [3.8, 4) is 0 Å². The summed E-state index contributed by atoms with van der Waals surface area (Å²) < 4.78 is 1.31. The SMILES string of the molecule is Cc1ccc(NC(=O)Cn2c(=O)c(C)nc3ccccc32)c([N+](=O)[O-])c1. The van der Waals surface area contributed by atoms with Gasteiger partial charge in [0.15, 0.2) is 0 Å². The van der Waals surface area contributed by atoms with Crippen LogP contribution in [0.5, 0.6) is 0 Å². The van der Waals surface area contributed by atoms with Crippen molar-refractivity contribution in [3.05, 3.63) is 74.2 Å². The molecule has 0 aliphatic carbocycles. The molecule has 0 atom stereocenters. The Balaban J connectivity index is 1.95. The van der Waals surface area contributed by atoms with E-state index < -0.39 is 10.8 Å². The lowest BCUT2D eigenvalue weighted by molar-refractivity contribution is -0.384. The Morgan fingerprint density at radius 3 is 2.69 bits per heavy atom. The molecule has 0 bridgehead atoms. The van der Waals surface area contributed by atoms with Gasteiger partial charge in [-0.1, -0.05) is 18.2 Å². The van der Waals surface area contributed by atoms with Crippen LogP contribution in [0.3, 0.4) is 0 Å². The summed E-state index contributed by atoms with van der Waals surface area (Å²) in [6.45, 7) is 3.03. The molecule has 0 spiro atoms. The average molecular weight is 352 g/mol. The molecule has 0 aliphatic heterocycles. The summed E-state index contributed by atoms with van der Waals surface area (Å²) >= 11 is 0. The molecule has 132 valence electrons. The predicted molar refractivity (Wildman–Crippen MR) is 97.2 cm³/mol. The van der Waals surface area contributed by atoms with Crippen LogP contribution in [-0.2, 0) is 11.3 Å². The van der Waals surface area contributed by atoms with Crippen LogP contribution >= 0.6 is 0 Å². The molecule has 0 fully saturated rings. The third kappa shape index (κ3) is 3.30. The fourth-order valence-electron chi connectivity index (χ4n) is 2.71. The largest absolute Gasteiger partial charge is 0.319 e. The smallest absolute Gasteiger partial charge is 0.293 e. The van der Waals surface area contributed by atoms with Crippen molar-refractivity contribution in [2.24, 2.45) is 0 Å². The summed E-state index contributed by atoms with van der Waals surface area (Å²) in [6.07, 6.45) is 0. The van der Waals surface area contributed by atoms with E-state index in [9.17, 15) is 19.7 Å². The van der Waals surface area contributed by atoms with Crippen molar-refractivity contribution in [1.82, 2.24) is 9.55 Å². The van der Waals surface area contributed by atoms with Crippen molar-refractivity contribution in [3.63, 3.8) is 0 Å². The first-order chi connectivity index (χ1) is 12.4. The van der Waals surface area contributed by atoms with Gasteiger partial charge in [-0.3, -0.25) is 24.3 Å². The van der Waals surface area contributed by atoms with Gasteiger partial charge in [-0.2, -0.15) is 0 Å². The highest BCUT2D eigenvalue weighted by Gasteiger charge is 2.17. The molecular formula is C18H16N4O4. The van der Waals surface area contributed by atoms with Gasteiger partial charge in [-0.25, -0.2) is 4.98 Å².